The number of nitrogens with zero attached hydrogens (tertiary/aromatic N) is 3. The standard InChI is InChI=1S/C19H23N5O2/c1-12-15(7-4-8-20-12)26-14(9-13-5-2-3-6-13)10-16-23-17-18(24-16)21-11-22-19(17)25/h4,7-8,11,13-14H,2-3,5-6,9-10H2,1H3,(H2,21,22,23,24,25). The molecule has 1 unspecified atom stereocenters. The summed E-state index contributed by atoms with van der Waals surface area (Å²) in [4.78, 5) is 30.5. The van der Waals surface area contributed by atoms with Gasteiger partial charge in [0, 0.05) is 12.6 Å². The van der Waals surface area contributed by atoms with Gasteiger partial charge in [0.1, 0.15) is 17.7 Å². The summed E-state index contributed by atoms with van der Waals surface area (Å²) in [5.74, 6) is 2.22. The van der Waals surface area contributed by atoms with Gasteiger partial charge in [-0.25, -0.2) is 9.97 Å². The Morgan fingerprint density at radius 1 is 1.31 bits per heavy atom. The van der Waals surface area contributed by atoms with E-state index >= 15 is 0 Å². The summed E-state index contributed by atoms with van der Waals surface area (Å²) in [6.07, 6.45) is 9.84. The maximum absolute atomic E-state index is 11.9. The average molecular weight is 353 g/mol. The highest BCUT2D eigenvalue weighted by atomic mass is 16.5. The topological polar surface area (TPSA) is 96.6 Å². The first-order chi connectivity index (χ1) is 12.7. The second-order valence-electron chi connectivity index (χ2n) is 7.03. The van der Waals surface area contributed by atoms with Gasteiger partial charge in [0.05, 0.1) is 12.0 Å². The third-order valence-electron chi connectivity index (χ3n) is 5.09. The van der Waals surface area contributed by atoms with E-state index in [4.69, 9.17) is 4.74 Å². The summed E-state index contributed by atoms with van der Waals surface area (Å²) in [5, 5.41) is 0. The first-order valence-corrected chi connectivity index (χ1v) is 9.19. The second kappa shape index (κ2) is 7.27. The SMILES string of the molecule is Cc1ncccc1OC(Cc1nc2nc[nH]c(=O)c2[nH]1)CC1CCCC1. The van der Waals surface area contributed by atoms with Crippen LogP contribution in [0.2, 0.25) is 0 Å². The van der Waals surface area contributed by atoms with Gasteiger partial charge in [-0.15, -0.1) is 0 Å². The predicted octanol–water partition coefficient (Wildman–Crippen LogP) is 2.92. The summed E-state index contributed by atoms with van der Waals surface area (Å²) in [6.45, 7) is 1.95. The fourth-order valence-electron chi connectivity index (χ4n) is 3.76. The lowest BCUT2D eigenvalue weighted by Gasteiger charge is -2.22. The number of aromatic nitrogens is 5. The van der Waals surface area contributed by atoms with Crippen LogP contribution < -0.4 is 10.3 Å². The van der Waals surface area contributed by atoms with Crippen LogP contribution in [0.25, 0.3) is 11.2 Å². The molecule has 136 valence electrons. The van der Waals surface area contributed by atoms with Crippen LogP contribution in [-0.2, 0) is 6.42 Å². The fourth-order valence-corrected chi connectivity index (χ4v) is 3.76. The number of hydrogen-bond acceptors (Lipinski definition) is 5. The van der Waals surface area contributed by atoms with E-state index in [9.17, 15) is 4.79 Å². The fraction of sp³-hybridized carbons (Fsp3) is 0.474. The second-order valence-corrected chi connectivity index (χ2v) is 7.03. The smallest absolute Gasteiger partial charge is 0.276 e. The maximum Gasteiger partial charge on any atom is 0.276 e. The number of rotatable bonds is 6. The highest BCUT2D eigenvalue weighted by Crippen LogP contribution is 2.31. The molecule has 1 atom stereocenters. The van der Waals surface area contributed by atoms with Gasteiger partial charge < -0.3 is 14.7 Å². The molecule has 0 aromatic carbocycles. The van der Waals surface area contributed by atoms with Gasteiger partial charge in [0.25, 0.3) is 5.56 Å². The monoisotopic (exact) mass is 353 g/mol. The van der Waals surface area contributed by atoms with Crippen molar-refractivity contribution in [2.45, 2.75) is 51.6 Å². The first kappa shape index (κ1) is 16.8. The molecule has 26 heavy (non-hydrogen) atoms. The van der Waals surface area contributed by atoms with E-state index in [1.54, 1.807) is 6.20 Å². The zero-order chi connectivity index (χ0) is 17.9. The first-order valence-electron chi connectivity index (χ1n) is 9.19. The van der Waals surface area contributed by atoms with E-state index in [1.807, 2.05) is 19.1 Å². The molecular formula is C19H23N5O2. The van der Waals surface area contributed by atoms with Crippen molar-refractivity contribution in [1.82, 2.24) is 24.9 Å². The Morgan fingerprint density at radius 3 is 2.92 bits per heavy atom. The molecule has 7 nitrogen and oxygen atoms in total. The summed E-state index contributed by atoms with van der Waals surface area (Å²) >= 11 is 0. The van der Waals surface area contributed by atoms with Gasteiger partial charge in [-0.05, 0) is 31.4 Å². The maximum atomic E-state index is 11.9. The molecule has 1 aliphatic carbocycles. The van der Waals surface area contributed by atoms with E-state index < -0.39 is 0 Å². The Labute approximate surface area is 151 Å². The third kappa shape index (κ3) is 3.61. The van der Waals surface area contributed by atoms with Crippen LogP contribution in [0.3, 0.4) is 0 Å². The highest BCUT2D eigenvalue weighted by Gasteiger charge is 2.23. The van der Waals surface area contributed by atoms with Gasteiger partial charge in [-0.2, -0.15) is 0 Å². The van der Waals surface area contributed by atoms with Gasteiger partial charge in [0.15, 0.2) is 11.2 Å². The Morgan fingerprint density at radius 2 is 2.15 bits per heavy atom. The lowest BCUT2D eigenvalue weighted by molar-refractivity contribution is 0.164. The van der Waals surface area contributed by atoms with Crippen molar-refractivity contribution in [2.24, 2.45) is 5.92 Å². The molecule has 0 spiro atoms. The molecule has 0 amide bonds. The van der Waals surface area contributed by atoms with Crippen molar-refractivity contribution in [3.63, 3.8) is 0 Å². The molecule has 3 heterocycles. The molecule has 1 fully saturated rings. The van der Waals surface area contributed by atoms with Crippen molar-refractivity contribution in [2.75, 3.05) is 0 Å². The van der Waals surface area contributed by atoms with E-state index in [2.05, 4.69) is 24.9 Å². The Bertz CT molecular complexity index is 942. The normalized spacial score (nSPS) is 16.2. The molecule has 0 aliphatic heterocycles. The minimum Gasteiger partial charge on any atom is -0.488 e. The molecule has 1 saturated carbocycles. The molecular weight excluding hydrogens is 330 g/mol. The summed E-state index contributed by atoms with van der Waals surface area (Å²) < 4.78 is 6.31. The van der Waals surface area contributed by atoms with Crippen molar-refractivity contribution >= 4 is 11.2 Å². The van der Waals surface area contributed by atoms with Crippen LogP contribution in [0.15, 0.2) is 29.5 Å². The highest BCUT2D eigenvalue weighted by molar-refractivity contribution is 5.68. The van der Waals surface area contributed by atoms with E-state index in [-0.39, 0.29) is 11.7 Å². The van der Waals surface area contributed by atoms with Crippen LogP contribution in [0.1, 0.15) is 43.6 Å². The number of aromatic amines is 2. The van der Waals surface area contributed by atoms with Gasteiger partial charge in [-0.3, -0.25) is 9.78 Å². The molecule has 3 aromatic heterocycles. The minimum absolute atomic E-state index is 0.0133. The zero-order valence-corrected chi connectivity index (χ0v) is 14.9. The summed E-state index contributed by atoms with van der Waals surface area (Å²) in [6, 6.07) is 3.84. The molecule has 7 heteroatoms. The number of aryl methyl sites for hydroxylation is 1. The molecule has 0 bridgehead atoms. The number of H-pyrrole nitrogens is 2. The van der Waals surface area contributed by atoms with Gasteiger partial charge >= 0.3 is 0 Å². The van der Waals surface area contributed by atoms with Gasteiger partial charge in [0.2, 0.25) is 0 Å². The Kier molecular flexibility index (Phi) is 4.69. The molecule has 1 aliphatic rings. The average Bonchev–Trinajstić information content (AvgIpc) is 3.27. The van der Waals surface area contributed by atoms with Crippen molar-refractivity contribution in [3.8, 4) is 5.75 Å². The van der Waals surface area contributed by atoms with E-state index in [0.29, 0.717) is 23.5 Å². The van der Waals surface area contributed by atoms with Crippen LogP contribution in [-0.4, -0.2) is 31.0 Å². The number of fused-ring (bicyclic) bond motifs is 1. The number of imidazole rings is 1. The van der Waals surface area contributed by atoms with Gasteiger partial charge in [-0.1, -0.05) is 25.7 Å². The lowest BCUT2D eigenvalue weighted by Crippen LogP contribution is -2.24. The largest absolute Gasteiger partial charge is 0.488 e. The molecule has 2 N–H and O–H groups in total. The van der Waals surface area contributed by atoms with Crippen molar-refractivity contribution in [1.29, 1.82) is 0 Å². The number of pyridine rings is 1. The number of hydrogen-bond donors (Lipinski definition) is 2. The predicted molar refractivity (Wildman–Crippen MR) is 98.2 cm³/mol. The number of nitrogens with one attached hydrogen (secondary N) is 2. The number of ether oxygens (including phenoxy) is 1. The Balaban J connectivity index is 1.57. The lowest BCUT2D eigenvalue weighted by atomic mass is 9.98. The third-order valence-corrected chi connectivity index (χ3v) is 5.09. The zero-order valence-electron chi connectivity index (χ0n) is 14.9. The molecule has 0 saturated heterocycles. The molecule has 4 rings (SSSR count). The minimum atomic E-state index is -0.204. The van der Waals surface area contributed by atoms with Crippen LogP contribution in [0, 0.1) is 12.8 Å². The van der Waals surface area contributed by atoms with Crippen LogP contribution in [0.5, 0.6) is 5.75 Å². The Hall–Kier alpha value is -2.70. The molecule has 0 radical (unpaired) electrons. The van der Waals surface area contributed by atoms with E-state index in [1.165, 1.54) is 32.0 Å². The van der Waals surface area contributed by atoms with Crippen molar-refractivity contribution < 1.29 is 4.74 Å². The summed E-state index contributed by atoms with van der Waals surface area (Å²) in [5.41, 5.74) is 1.54. The van der Waals surface area contributed by atoms with E-state index in [0.717, 1.165) is 23.7 Å². The van der Waals surface area contributed by atoms with Crippen LogP contribution >= 0.6 is 0 Å². The van der Waals surface area contributed by atoms with Crippen molar-refractivity contribution in [3.05, 3.63) is 46.5 Å². The van der Waals surface area contributed by atoms with Crippen LogP contribution in [0.4, 0.5) is 0 Å². The molecule has 3 aromatic rings. The quantitative estimate of drug-likeness (QED) is 0.710. The summed E-state index contributed by atoms with van der Waals surface area (Å²) in [7, 11) is 0.